The molecule has 1 saturated carbocycles. The zero-order chi connectivity index (χ0) is 19.7. The molecular formula is C21H39N3O3. The molecule has 0 radical (unpaired) electrons. The average molecular weight is 382 g/mol. The van der Waals surface area contributed by atoms with Crippen molar-refractivity contribution in [2.75, 3.05) is 26.2 Å². The van der Waals surface area contributed by atoms with Gasteiger partial charge in [0.15, 0.2) is 0 Å². The summed E-state index contributed by atoms with van der Waals surface area (Å²) >= 11 is 0. The first-order valence-electron chi connectivity index (χ1n) is 10.8. The molecule has 0 aromatic rings. The summed E-state index contributed by atoms with van der Waals surface area (Å²) in [6, 6.07) is 0.399. The van der Waals surface area contributed by atoms with Gasteiger partial charge in [0, 0.05) is 37.8 Å². The Morgan fingerprint density at radius 2 is 1.70 bits per heavy atom. The van der Waals surface area contributed by atoms with E-state index >= 15 is 0 Å². The van der Waals surface area contributed by atoms with Gasteiger partial charge in [-0.3, -0.25) is 10.2 Å². The monoisotopic (exact) mass is 381 g/mol. The number of hydrogen-bond donors (Lipinski definition) is 2. The molecule has 2 saturated heterocycles. The number of nitrogens with one attached hydrogen (secondary N) is 1. The molecule has 0 bridgehead atoms. The molecule has 3 rings (SSSR count). The number of carbonyl (C=O) groups excluding carboxylic acids is 1. The van der Waals surface area contributed by atoms with E-state index in [1.165, 1.54) is 6.42 Å². The molecule has 3 aliphatic rings. The fourth-order valence-electron chi connectivity index (χ4n) is 4.91. The predicted octanol–water partition coefficient (Wildman–Crippen LogP) is 3.09. The molecule has 1 atom stereocenters. The average Bonchev–Trinajstić information content (AvgIpc) is 2.98. The number of piperidine rings is 1. The molecule has 1 amide bonds. The minimum absolute atomic E-state index is 0.0314. The molecule has 2 aliphatic heterocycles. The van der Waals surface area contributed by atoms with Crippen LogP contribution in [0.1, 0.15) is 79.1 Å². The number of rotatable bonds is 3. The van der Waals surface area contributed by atoms with Crippen LogP contribution in [-0.2, 0) is 4.74 Å². The molecule has 2 N–H and O–H groups in total. The molecule has 6 heteroatoms. The van der Waals surface area contributed by atoms with E-state index < -0.39 is 11.3 Å². The van der Waals surface area contributed by atoms with E-state index in [4.69, 9.17) is 4.74 Å². The Labute approximate surface area is 164 Å². The van der Waals surface area contributed by atoms with Gasteiger partial charge in [-0.1, -0.05) is 6.42 Å². The summed E-state index contributed by atoms with van der Waals surface area (Å²) in [6.07, 6.45) is 8.19. The Morgan fingerprint density at radius 3 is 2.30 bits per heavy atom. The van der Waals surface area contributed by atoms with Crippen molar-refractivity contribution in [1.29, 1.82) is 0 Å². The van der Waals surface area contributed by atoms with E-state index in [0.29, 0.717) is 6.04 Å². The van der Waals surface area contributed by atoms with E-state index in [1.54, 1.807) is 0 Å². The third kappa shape index (κ3) is 5.36. The highest BCUT2D eigenvalue weighted by Gasteiger charge is 2.43. The molecule has 27 heavy (non-hydrogen) atoms. The van der Waals surface area contributed by atoms with Crippen molar-refractivity contribution in [1.82, 2.24) is 15.1 Å². The third-order valence-electron chi connectivity index (χ3n) is 6.52. The van der Waals surface area contributed by atoms with Crippen molar-refractivity contribution >= 4 is 6.09 Å². The molecular weight excluding hydrogens is 342 g/mol. The van der Waals surface area contributed by atoms with Crippen LogP contribution in [0.2, 0.25) is 0 Å². The lowest BCUT2D eigenvalue weighted by atomic mass is 9.89. The minimum atomic E-state index is -0.643. The van der Waals surface area contributed by atoms with Crippen molar-refractivity contribution in [3.63, 3.8) is 0 Å². The Bertz CT molecular complexity index is 519. The summed E-state index contributed by atoms with van der Waals surface area (Å²) in [6.45, 7) is 11.6. The van der Waals surface area contributed by atoms with Crippen LogP contribution >= 0.6 is 0 Å². The predicted molar refractivity (Wildman–Crippen MR) is 107 cm³/mol. The molecule has 1 aliphatic carbocycles. The summed E-state index contributed by atoms with van der Waals surface area (Å²) in [4.78, 5) is 16.8. The first-order valence-corrected chi connectivity index (χ1v) is 10.8. The quantitative estimate of drug-likeness (QED) is 0.736. The number of amides is 1. The zero-order valence-electron chi connectivity index (χ0n) is 17.7. The lowest BCUT2D eigenvalue weighted by Crippen LogP contribution is -2.58. The Kier molecular flexibility index (Phi) is 6.09. The lowest BCUT2D eigenvalue weighted by Gasteiger charge is -2.45. The van der Waals surface area contributed by atoms with Crippen LogP contribution in [0.5, 0.6) is 0 Å². The number of ether oxygens (including phenoxy) is 1. The number of likely N-dealkylation sites (tertiary alicyclic amines) is 2. The van der Waals surface area contributed by atoms with E-state index in [2.05, 4.69) is 17.1 Å². The highest BCUT2D eigenvalue weighted by Crippen LogP contribution is 2.32. The molecule has 3 fully saturated rings. The van der Waals surface area contributed by atoms with E-state index in [-0.39, 0.29) is 11.6 Å². The third-order valence-corrected chi connectivity index (χ3v) is 6.52. The fraction of sp³-hybridized carbons (Fsp3) is 0.952. The summed E-state index contributed by atoms with van der Waals surface area (Å²) in [5.41, 5.74) is -1.06. The highest BCUT2D eigenvalue weighted by molar-refractivity contribution is 5.68. The number of hydrogen-bond acceptors (Lipinski definition) is 5. The lowest BCUT2D eigenvalue weighted by molar-refractivity contribution is -0.0471. The number of nitrogens with zero attached hydrogens (tertiary/aromatic N) is 2. The van der Waals surface area contributed by atoms with Gasteiger partial charge in [-0.25, -0.2) is 4.79 Å². The second-order valence-electron chi connectivity index (χ2n) is 10.1. The van der Waals surface area contributed by atoms with Gasteiger partial charge in [-0.05, 0) is 72.6 Å². The van der Waals surface area contributed by atoms with Crippen LogP contribution in [0.3, 0.4) is 0 Å². The van der Waals surface area contributed by atoms with Crippen molar-refractivity contribution in [3.8, 4) is 0 Å². The fourth-order valence-corrected chi connectivity index (χ4v) is 4.91. The van der Waals surface area contributed by atoms with E-state index in [9.17, 15) is 9.90 Å². The molecule has 1 unspecified atom stereocenters. The zero-order valence-corrected chi connectivity index (χ0v) is 17.7. The van der Waals surface area contributed by atoms with Crippen LogP contribution in [0, 0.1) is 0 Å². The van der Waals surface area contributed by atoms with Crippen LogP contribution in [0.15, 0.2) is 0 Å². The first-order chi connectivity index (χ1) is 12.6. The largest absolute Gasteiger partial charge is 0.444 e. The van der Waals surface area contributed by atoms with Crippen molar-refractivity contribution < 1.29 is 14.6 Å². The van der Waals surface area contributed by atoms with Gasteiger partial charge >= 0.3 is 6.09 Å². The molecule has 156 valence electrons. The second-order valence-corrected chi connectivity index (χ2v) is 10.1. The van der Waals surface area contributed by atoms with Crippen LogP contribution < -0.4 is 5.32 Å². The molecule has 0 aromatic carbocycles. The normalized spacial score (nSPS) is 30.5. The molecule has 6 nitrogen and oxygen atoms in total. The smallest absolute Gasteiger partial charge is 0.410 e. The van der Waals surface area contributed by atoms with Crippen LogP contribution in [-0.4, -0.2) is 70.1 Å². The van der Waals surface area contributed by atoms with Gasteiger partial charge in [-0.2, -0.15) is 0 Å². The summed E-state index contributed by atoms with van der Waals surface area (Å²) < 4.78 is 5.55. The SMILES string of the molecule is CC(C)(C)OC(=O)N1CCC(C)(N2CCC(NC3(O)CCCCC3)CC2)C1. The van der Waals surface area contributed by atoms with Gasteiger partial charge in [0.1, 0.15) is 11.3 Å². The first kappa shape index (κ1) is 20.9. The Hall–Kier alpha value is -0.850. The van der Waals surface area contributed by atoms with Crippen molar-refractivity contribution in [2.45, 2.75) is 102 Å². The standard InChI is InChI=1S/C21H39N3O3/c1-19(2,3)27-18(25)23-15-12-20(4,16-23)24-13-8-17(9-14-24)22-21(26)10-6-5-7-11-21/h17,22,26H,5-16H2,1-4H3. The van der Waals surface area contributed by atoms with Gasteiger partial charge in [0.2, 0.25) is 0 Å². The Balaban J connectivity index is 1.48. The minimum Gasteiger partial charge on any atom is -0.444 e. The van der Waals surface area contributed by atoms with Crippen LogP contribution in [0.4, 0.5) is 4.79 Å². The number of carbonyl (C=O) groups is 1. The summed E-state index contributed by atoms with van der Waals surface area (Å²) in [5, 5.41) is 14.3. The molecule has 0 spiro atoms. The maximum Gasteiger partial charge on any atom is 0.410 e. The molecule has 2 heterocycles. The topological polar surface area (TPSA) is 65.0 Å². The van der Waals surface area contributed by atoms with Gasteiger partial charge in [-0.15, -0.1) is 0 Å². The van der Waals surface area contributed by atoms with E-state index in [1.807, 2.05) is 25.7 Å². The van der Waals surface area contributed by atoms with Gasteiger partial charge in [0.25, 0.3) is 0 Å². The van der Waals surface area contributed by atoms with Crippen molar-refractivity contribution in [3.05, 3.63) is 0 Å². The highest BCUT2D eigenvalue weighted by atomic mass is 16.6. The summed E-state index contributed by atoms with van der Waals surface area (Å²) in [7, 11) is 0. The molecule has 0 aromatic heterocycles. The Morgan fingerprint density at radius 1 is 1.07 bits per heavy atom. The van der Waals surface area contributed by atoms with E-state index in [0.717, 1.165) is 71.1 Å². The number of aliphatic hydroxyl groups is 1. The van der Waals surface area contributed by atoms with Gasteiger partial charge in [0.05, 0.1) is 0 Å². The second kappa shape index (κ2) is 7.88. The summed E-state index contributed by atoms with van der Waals surface area (Å²) in [5.74, 6) is 0. The maximum absolute atomic E-state index is 12.4. The van der Waals surface area contributed by atoms with Crippen LogP contribution in [0.25, 0.3) is 0 Å². The van der Waals surface area contributed by atoms with Crippen molar-refractivity contribution in [2.24, 2.45) is 0 Å². The maximum atomic E-state index is 12.4. The van der Waals surface area contributed by atoms with Gasteiger partial charge < -0.3 is 14.7 Å².